The van der Waals surface area contributed by atoms with Crippen LogP contribution in [-0.4, -0.2) is 18.5 Å². The van der Waals surface area contributed by atoms with Crippen molar-refractivity contribution in [3.8, 4) is 0 Å². The third-order valence-electron chi connectivity index (χ3n) is 2.46. The first kappa shape index (κ1) is 9.07. The van der Waals surface area contributed by atoms with E-state index in [2.05, 4.69) is 60.6 Å². The van der Waals surface area contributed by atoms with E-state index in [1.165, 1.54) is 11.1 Å². The highest BCUT2D eigenvalue weighted by Crippen LogP contribution is 2.18. The Bertz CT molecular complexity index is 349. The van der Waals surface area contributed by atoms with E-state index in [1.807, 2.05) is 0 Å². The van der Waals surface area contributed by atoms with E-state index < -0.39 is 0 Å². The fourth-order valence-corrected chi connectivity index (χ4v) is 1.62. The minimum absolute atomic E-state index is 1.10. The minimum atomic E-state index is 1.10. The van der Waals surface area contributed by atoms with Gasteiger partial charge in [0.2, 0.25) is 0 Å². The van der Waals surface area contributed by atoms with Crippen LogP contribution in [0.3, 0.4) is 0 Å². The quantitative estimate of drug-likeness (QED) is 0.650. The van der Waals surface area contributed by atoms with Crippen LogP contribution in [0.4, 0.5) is 0 Å². The Morgan fingerprint density at radius 3 is 2.71 bits per heavy atom. The Hall–Kier alpha value is -1.50. The molecule has 0 unspecified atom stereocenters. The maximum absolute atomic E-state index is 2.30. The molecule has 0 saturated heterocycles. The van der Waals surface area contributed by atoms with E-state index in [9.17, 15) is 0 Å². The lowest BCUT2D eigenvalue weighted by Crippen LogP contribution is -2.09. The van der Waals surface area contributed by atoms with E-state index in [0.29, 0.717) is 0 Å². The van der Waals surface area contributed by atoms with Crippen LogP contribution >= 0.6 is 0 Å². The predicted octanol–water partition coefficient (Wildman–Crippen LogP) is 2.92. The molecule has 0 atom stereocenters. The lowest BCUT2D eigenvalue weighted by atomic mass is 10.1. The second-order valence-corrected chi connectivity index (χ2v) is 3.61. The van der Waals surface area contributed by atoms with Gasteiger partial charge in [-0.05, 0) is 29.8 Å². The third kappa shape index (κ3) is 2.05. The second-order valence-electron chi connectivity index (χ2n) is 3.61. The van der Waals surface area contributed by atoms with Gasteiger partial charge in [0.05, 0.1) is 0 Å². The van der Waals surface area contributed by atoms with E-state index >= 15 is 0 Å². The van der Waals surface area contributed by atoms with Crippen molar-refractivity contribution >= 4 is 5.57 Å². The van der Waals surface area contributed by atoms with Crippen LogP contribution < -0.4 is 0 Å². The van der Waals surface area contributed by atoms with Crippen LogP contribution in [0.2, 0.25) is 0 Å². The molecule has 0 spiro atoms. The molecule has 1 aliphatic heterocycles. The molecule has 0 radical (unpaired) electrons. The topological polar surface area (TPSA) is 3.24 Å². The number of allylic oxidation sites excluding steroid dienone is 2. The zero-order valence-electron chi connectivity index (χ0n) is 8.48. The summed E-state index contributed by atoms with van der Waals surface area (Å²) in [6.45, 7) is 1.10. The molecule has 1 aromatic carbocycles. The molecule has 0 bridgehead atoms. The van der Waals surface area contributed by atoms with Crippen LogP contribution in [0.5, 0.6) is 0 Å². The summed E-state index contributed by atoms with van der Waals surface area (Å²) in [4.78, 5) is 2.21. The number of nitrogens with zero attached hydrogens (tertiary/aromatic N) is 1. The molecule has 1 heterocycles. The molecule has 72 valence electrons. The Morgan fingerprint density at radius 1 is 1.14 bits per heavy atom. The molecule has 0 amide bonds. The fourth-order valence-electron chi connectivity index (χ4n) is 1.62. The molecule has 1 aromatic rings. The summed E-state index contributed by atoms with van der Waals surface area (Å²) in [6.07, 6.45) is 7.75. The average Bonchev–Trinajstić information content (AvgIpc) is 2.44. The van der Waals surface area contributed by atoms with Crippen molar-refractivity contribution in [1.29, 1.82) is 0 Å². The summed E-state index contributed by atoms with van der Waals surface area (Å²) in [7, 11) is 2.11. The smallest absolute Gasteiger partial charge is 0.0204 e. The van der Waals surface area contributed by atoms with Gasteiger partial charge in [-0.25, -0.2) is 0 Å². The Morgan fingerprint density at radius 2 is 1.93 bits per heavy atom. The van der Waals surface area contributed by atoms with Gasteiger partial charge in [0.1, 0.15) is 0 Å². The van der Waals surface area contributed by atoms with Gasteiger partial charge in [0, 0.05) is 13.6 Å². The average molecular weight is 185 g/mol. The first-order valence-electron chi connectivity index (χ1n) is 5.00. The molecule has 1 heteroatoms. The van der Waals surface area contributed by atoms with Crippen molar-refractivity contribution < 1.29 is 0 Å². The molecule has 0 fully saturated rings. The number of hydrogen-bond acceptors (Lipinski definition) is 1. The van der Waals surface area contributed by atoms with Crippen molar-refractivity contribution in [3.63, 3.8) is 0 Å². The summed E-state index contributed by atoms with van der Waals surface area (Å²) < 4.78 is 0. The highest BCUT2D eigenvalue weighted by molar-refractivity contribution is 5.73. The lowest BCUT2D eigenvalue weighted by Gasteiger charge is -2.08. The van der Waals surface area contributed by atoms with Gasteiger partial charge in [-0.2, -0.15) is 0 Å². The van der Waals surface area contributed by atoms with Crippen molar-refractivity contribution in [2.24, 2.45) is 0 Å². The van der Waals surface area contributed by atoms with Crippen molar-refractivity contribution in [3.05, 3.63) is 54.2 Å². The maximum atomic E-state index is 2.30. The van der Waals surface area contributed by atoms with Gasteiger partial charge in [-0.3, -0.25) is 0 Å². The highest BCUT2D eigenvalue weighted by atomic mass is 15.1. The lowest BCUT2D eigenvalue weighted by molar-refractivity contribution is 0.468. The van der Waals surface area contributed by atoms with Crippen molar-refractivity contribution in [1.82, 2.24) is 4.90 Å². The summed E-state index contributed by atoms with van der Waals surface area (Å²) in [6, 6.07) is 10.5. The fraction of sp³-hybridized carbons (Fsp3) is 0.231. The molecule has 0 N–H and O–H groups in total. The molecule has 0 aliphatic carbocycles. The van der Waals surface area contributed by atoms with Gasteiger partial charge in [0.25, 0.3) is 0 Å². The third-order valence-corrected chi connectivity index (χ3v) is 2.46. The summed E-state index contributed by atoms with van der Waals surface area (Å²) in [5, 5.41) is 0. The van der Waals surface area contributed by atoms with Crippen LogP contribution in [0.15, 0.2) is 48.7 Å². The molecule has 1 aliphatic rings. The molecule has 1 nitrogen and oxygen atoms in total. The predicted molar refractivity (Wildman–Crippen MR) is 60.8 cm³/mol. The number of benzene rings is 1. The summed E-state index contributed by atoms with van der Waals surface area (Å²) in [5.74, 6) is 0. The van der Waals surface area contributed by atoms with Gasteiger partial charge in [-0.1, -0.05) is 36.4 Å². The van der Waals surface area contributed by atoms with E-state index in [4.69, 9.17) is 0 Å². The molecule has 2 rings (SSSR count). The molecule has 14 heavy (non-hydrogen) atoms. The highest BCUT2D eigenvalue weighted by Gasteiger charge is 2.00. The van der Waals surface area contributed by atoms with Crippen molar-refractivity contribution in [2.45, 2.75) is 6.42 Å². The van der Waals surface area contributed by atoms with Gasteiger partial charge in [0.15, 0.2) is 0 Å². The van der Waals surface area contributed by atoms with Crippen LogP contribution in [-0.2, 0) is 0 Å². The number of hydrogen-bond donors (Lipinski definition) is 0. The summed E-state index contributed by atoms with van der Waals surface area (Å²) >= 11 is 0. The molecule has 0 aromatic heterocycles. The largest absolute Gasteiger partial charge is 0.380 e. The van der Waals surface area contributed by atoms with Gasteiger partial charge < -0.3 is 4.90 Å². The van der Waals surface area contributed by atoms with E-state index in [0.717, 1.165) is 13.0 Å². The first-order valence-corrected chi connectivity index (χ1v) is 5.00. The number of rotatable bonds is 1. The Labute approximate surface area is 85.4 Å². The summed E-state index contributed by atoms with van der Waals surface area (Å²) in [5.41, 5.74) is 2.63. The Kier molecular flexibility index (Phi) is 2.68. The monoisotopic (exact) mass is 185 g/mol. The minimum Gasteiger partial charge on any atom is -0.380 e. The van der Waals surface area contributed by atoms with Crippen LogP contribution in [0.1, 0.15) is 12.0 Å². The first-order chi connectivity index (χ1) is 6.86. The zero-order valence-corrected chi connectivity index (χ0v) is 8.48. The molecule has 0 saturated carbocycles. The molecular weight excluding hydrogens is 170 g/mol. The molecular formula is C13H15N. The van der Waals surface area contributed by atoms with E-state index in [-0.39, 0.29) is 0 Å². The van der Waals surface area contributed by atoms with Crippen molar-refractivity contribution in [2.75, 3.05) is 13.6 Å². The normalized spacial score (nSPS) is 16.4. The van der Waals surface area contributed by atoms with Gasteiger partial charge in [-0.15, -0.1) is 0 Å². The SMILES string of the molecule is CN1C=CC(c2ccccc2)=CCC1. The van der Waals surface area contributed by atoms with E-state index in [1.54, 1.807) is 0 Å². The maximum Gasteiger partial charge on any atom is 0.0204 e. The Balaban J connectivity index is 2.26. The second kappa shape index (κ2) is 4.14. The van der Waals surface area contributed by atoms with Crippen LogP contribution in [0.25, 0.3) is 5.57 Å². The standard InChI is InChI=1S/C13H15N/c1-14-10-5-8-13(9-11-14)12-6-3-2-4-7-12/h2-4,6-9,11H,5,10H2,1H3. The zero-order chi connectivity index (χ0) is 9.80. The van der Waals surface area contributed by atoms with Crippen LogP contribution in [0, 0.1) is 0 Å². The van der Waals surface area contributed by atoms with Gasteiger partial charge >= 0.3 is 0 Å².